The Hall–Kier alpha value is -1.56. The van der Waals surface area contributed by atoms with Crippen LogP contribution in [0.1, 0.15) is 61.8 Å². The molecule has 0 amide bonds. The second-order valence-electron chi connectivity index (χ2n) is 5.60. The second-order valence-corrected chi connectivity index (χ2v) is 5.60. The number of pyridine rings is 1. The number of rotatable bonds is 2. The predicted molar refractivity (Wildman–Crippen MR) is 78.2 cm³/mol. The first-order valence-corrected chi connectivity index (χ1v) is 7.35. The summed E-state index contributed by atoms with van der Waals surface area (Å²) in [5, 5.41) is 12.8. The first-order valence-electron chi connectivity index (χ1n) is 7.35. The maximum atomic E-state index is 9.29. The van der Waals surface area contributed by atoms with Gasteiger partial charge in [0.1, 0.15) is 11.9 Å². The summed E-state index contributed by atoms with van der Waals surface area (Å²) in [7, 11) is 0. The van der Waals surface area contributed by atoms with Crippen LogP contribution in [0.4, 0.5) is 5.82 Å². The van der Waals surface area contributed by atoms with E-state index >= 15 is 0 Å². The van der Waals surface area contributed by atoms with Gasteiger partial charge in [0.05, 0.1) is 5.56 Å². The largest absolute Gasteiger partial charge is 0.366 e. The molecule has 1 saturated carbocycles. The smallest absolute Gasteiger partial charge is 0.144 e. The molecule has 0 unspecified atom stereocenters. The molecule has 1 heterocycles. The van der Waals surface area contributed by atoms with Gasteiger partial charge in [-0.3, -0.25) is 0 Å². The van der Waals surface area contributed by atoms with Gasteiger partial charge >= 0.3 is 0 Å². The summed E-state index contributed by atoms with van der Waals surface area (Å²) in [6, 6.07) is 4.73. The van der Waals surface area contributed by atoms with Crippen molar-refractivity contribution in [1.29, 1.82) is 5.26 Å². The molecule has 1 N–H and O–H groups in total. The van der Waals surface area contributed by atoms with Crippen LogP contribution in [0.25, 0.3) is 0 Å². The van der Waals surface area contributed by atoms with Gasteiger partial charge in [-0.15, -0.1) is 0 Å². The van der Waals surface area contributed by atoms with Crippen molar-refractivity contribution in [3.05, 3.63) is 22.9 Å². The van der Waals surface area contributed by atoms with E-state index in [0.717, 1.165) is 17.1 Å². The molecule has 0 atom stereocenters. The Labute approximate surface area is 116 Å². The third kappa shape index (κ3) is 3.70. The van der Waals surface area contributed by atoms with E-state index in [4.69, 9.17) is 0 Å². The van der Waals surface area contributed by atoms with Crippen LogP contribution in [-0.2, 0) is 0 Å². The number of aryl methyl sites for hydroxylation is 2. The third-order valence-corrected chi connectivity index (χ3v) is 3.90. The van der Waals surface area contributed by atoms with E-state index in [1.807, 2.05) is 19.9 Å². The third-order valence-electron chi connectivity index (χ3n) is 3.90. The average molecular weight is 257 g/mol. The lowest BCUT2D eigenvalue weighted by atomic mass is 9.96. The monoisotopic (exact) mass is 257 g/mol. The summed E-state index contributed by atoms with van der Waals surface area (Å²) in [6.45, 7) is 3.97. The minimum Gasteiger partial charge on any atom is -0.366 e. The Kier molecular flexibility index (Phi) is 4.79. The van der Waals surface area contributed by atoms with Gasteiger partial charge in [0.25, 0.3) is 0 Å². The van der Waals surface area contributed by atoms with Gasteiger partial charge in [0.2, 0.25) is 0 Å². The van der Waals surface area contributed by atoms with Crippen molar-refractivity contribution in [2.24, 2.45) is 0 Å². The SMILES string of the molecule is Cc1cc(C)c(C#N)c(NC2CCCCCCC2)n1. The molecule has 0 bridgehead atoms. The Morgan fingerprint density at radius 2 is 1.79 bits per heavy atom. The van der Waals surface area contributed by atoms with Gasteiger partial charge in [0, 0.05) is 11.7 Å². The van der Waals surface area contributed by atoms with E-state index < -0.39 is 0 Å². The molecule has 0 aromatic carbocycles. The van der Waals surface area contributed by atoms with Crippen LogP contribution in [0, 0.1) is 25.2 Å². The van der Waals surface area contributed by atoms with Gasteiger partial charge in [-0.1, -0.05) is 32.1 Å². The minimum atomic E-state index is 0.473. The number of hydrogen-bond donors (Lipinski definition) is 1. The highest BCUT2D eigenvalue weighted by Crippen LogP contribution is 2.23. The zero-order valence-electron chi connectivity index (χ0n) is 12.0. The number of nitrogens with one attached hydrogen (secondary N) is 1. The van der Waals surface area contributed by atoms with Crippen LogP contribution in [0.2, 0.25) is 0 Å². The highest BCUT2D eigenvalue weighted by atomic mass is 15.0. The fourth-order valence-corrected chi connectivity index (χ4v) is 2.88. The van der Waals surface area contributed by atoms with E-state index in [0.29, 0.717) is 11.6 Å². The molecule has 1 aromatic rings. The predicted octanol–water partition coefficient (Wildman–Crippen LogP) is 4.09. The van der Waals surface area contributed by atoms with E-state index in [2.05, 4.69) is 16.4 Å². The maximum Gasteiger partial charge on any atom is 0.144 e. The molecule has 2 rings (SSSR count). The Bertz CT molecular complexity index is 466. The van der Waals surface area contributed by atoms with Crippen molar-refractivity contribution in [3.63, 3.8) is 0 Å². The maximum absolute atomic E-state index is 9.29. The zero-order chi connectivity index (χ0) is 13.7. The van der Waals surface area contributed by atoms with Gasteiger partial charge in [-0.25, -0.2) is 4.98 Å². The van der Waals surface area contributed by atoms with Crippen LogP contribution in [0.5, 0.6) is 0 Å². The molecule has 0 radical (unpaired) electrons. The Balaban J connectivity index is 2.15. The standard InChI is InChI=1S/C16H23N3/c1-12-10-13(2)18-16(15(12)11-17)19-14-8-6-4-3-5-7-9-14/h10,14H,3-9H2,1-2H3,(H,18,19). The number of hydrogen-bond acceptors (Lipinski definition) is 3. The van der Waals surface area contributed by atoms with E-state index in [1.165, 1.54) is 44.9 Å². The molecular weight excluding hydrogens is 234 g/mol. The summed E-state index contributed by atoms with van der Waals surface area (Å²) < 4.78 is 0. The first kappa shape index (κ1) is 13.9. The van der Waals surface area contributed by atoms with Crippen LogP contribution < -0.4 is 5.32 Å². The molecule has 1 aromatic heterocycles. The molecule has 0 aliphatic heterocycles. The van der Waals surface area contributed by atoms with Crippen molar-refractivity contribution in [3.8, 4) is 6.07 Å². The molecule has 1 aliphatic rings. The molecule has 102 valence electrons. The minimum absolute atomic E-state index is 0.473. The molecule has 3 heteroatoms. The lowest BCUT2D eigenvalue weighted by molar-refractivity contribution is 0.470. The van der Waals surface area contributed by atoms with Crippen molar-refractivity contribution < 1.29 is 0 Å². The molecular formula is C16H23N3. The van der Waals surface area contributed by atoms with Gasteiger partial charge in [-0.05, 0) is 38.3 Å². The van der Waals surface area contributed by atoms with Crippen molar-refractivity contribution >= 4 is 5.82 Å². The van der Waals surface area contributed by atoms with Crippen LogP contribution in [0.15, 0.2) is 6.07 Å². The van der Waals surface area contributed by atoms with E-state index in [1.54, 1.807) is 0 Å². The van der Waals surface area contributed by atoms with Gasteiger partial charge in [-0.2, -0.15) is 5.26 Å². The highest BCUT2D eigenvalue weighted by molar-refractivity contribution is 5.56. The molecule has 1 aliphatic carbocycles. The molecule has 1 fully saturated rings. The van der Waals surface area contributed by atoms with E-state index in [9.17, 15) is 5.26 Å². The number of nitrogens with zero attached hydrogens (tertiary/aromatic N) is 2. The zero-order valence-corrected chi connectivity index (χ0v) is 12.0. The number of nitriles is 1. The van der Waals surface area contributed by atoms with Crippen molar-refractivity contribution in [1.82, 2.24) is 4.98 Å². The first-order chi connectivity index (χ1) is 9.20. The van der Waals surface area contributed by atoms with E-state index in [-0.39, 0.29) is 0 Å². The number of aromatic nitrogens is 1. The summed E-state index contributed by atoms with van der Waals surface area (Å²) in [5.74, 6) is 0.783. The molecule has 19 heavy (non-hydrogen) atoms. The molecule has 0 spiro atoms. The average Bonchev–Trinajstić information content (AvgIpc) is 2.32. The molecule has 3 nitrogen and oxygen atoms in total. The summed E-state index contributed by atoms with van der Waals surface area (Å²) in [6.07, 6.45) is 9.00. The fraction of sp³-hybridized carbons (Fsp3) is 0.625. The summed E-state index contributed by atoms with van der Waals surface area (Å²) >= 11 is 0. The lowest BCUT2D eigenvalue weighted by Crippen LogP contribution is -2.22. The summed E-state index contributed by atoms with van der Waals surface area (Å²) in [4.78, 5) is 4.52. The van der Waals surface area contributed by atoms with Crippen LogP contribution in [-0.4, -0.2) is 11.0 Å². The fourth-order valence-electron chi connectivity index (χ4n) is 2.88. The van der Waals surface area contributed by atoms with Gasteiger partial charge in [0.15, 0.2) is 0 Å². The van der Waals surface area contributed by atoms with Crippen LogP contribution >= 0.6 is 0 Å². The molecule has 0 saturated heterocycles. The summed E-state index contributed by atoms with van der Waals surface area (Å²) in [5.41, 5.74) is 2.70. The quantitative estimate of drug-likeness (QED) is 0.868. The number of anilines is 1. The normalized spacial score (nSPS) is 17.3. The van der Waals surface area contributed by atoms with Gasteiger partial charge < -0.3 is 5.32 Å². The van der Waals surface area contributed by atoms with Crippen LogP contribution in [0.3, 0.4) is 0 Å². The topological polar surface area (TPSA) is 48.7 Å². The van der Waals surface area contributed by atoms with Crippen molar-refractivity contribution in [2.75, 3.05) is 5.32 Å². The highest BCUT2D eigenvalue weighted by Gasteiger charge is 2.15. The Morgan fingerprint density at radius 1 is 1.16 bits per heavy atom. The Morgan fingerprint density at radius 3 is 2.42 bits per heavy atom. The second kappa shape index (κ2) is 6.56. The lowest BCUT2D eigenvalue weighted by Gasteiger charge is -2.22. The van der Waals surface area contributed by atoms with Crippen molar-refractivity contribution in [2.45, 2.75) is 64.8 Å².